The first-order valence-corrected chi connectivity index (χ1v) is 12.2. The fraction of sp³-hybridized carbons (Fsp3) is 0.321. The third kappa shape index (κ3) is 4.99. The second kappa shape index (κ2) is 9.78. The van der Waals surface area contributed by atoms with Crippen molar-refractivity contribution in [2.45, 2.75) is 58.7 Å². The standard InChI is InChI=1S/C28H30N4O3/c1-19(2)35-23-13-9-20(10-14-23)17-29-27(33)22-11-7-21(8-12-22)18-31-15-16-32-26(28(31)34)24-5-3-4-6-25(24)30-32/h7-16,19H,3-6,17-18H2,1-2H3,(H,29,33). The van der Waals surface area contributed by atoms with E-state index in [0.717, 1.165) is 53.8 Å². The molecule has 7 heteroatoms. The van der Waals surface area contributed by atoms with E-state index in [-0.39, 0.29) is 17.6 Å². The molecule has 1 N–H and O–H groups in total. The van der Waals surface area contributed by atoms with Gasteiger partial charge in [0, 0.05) is 30.1 Å². The van der Waals surface area contributed by atoms with E-state index in [9.17, 15) is 9.59 Å². The lowest BCUT2D eigenvalue weighted by atomic mass is 9.97. The van der Waals surface area contributed by atoms with Crippen molar-refractivity contribution >= 4 is 11.4 Å². The first-order valence-electron chi connectivity index (χ1n) is 12.2. The Morgan fingerprint density at radius 3 is 2.46 bits per heavy atom. The Hall–Kier alpha value is -3.87. The van der Waals surface area contributed by atoms with E-state index in [0.29, 0.717) is 24.2 Å². The van der Waals surface area contributed by atoms with Crippen molar-refractivity contribution in [1.29, 1.82) is 0 Å². The van der Waals surface area contributed by atoms with Crippen LogP contribution in [0.15, 0.2) is 65.7 Å². The van der Waals surface area contributed by atoms with Crippen molar-refractivity contribution in [1.82, 2.24) is 19.5 Å². The van der Waals surface area contributed by atoms with E-state index in [1.807, 2.05) is 56.4 Å². The maximum Gasteiger partial charge on any atom is 0.277 e. The maximum atomic E-state index is 13.2. The Balaban J connectivity index is 1.23. The monoisotopic (exact) mass is 470 g/mol. The molecule has 4 aromatic rings. The average molecular weight is 471 g/mol. The highest BCUT2D eigenvalue weighted by Crippen LogP contribution is 2.22. The normalized spacial score (nSPS) is 13.1. The molecule has 2 aromatic carbocycles. The molecule has 7 nitrogen and oxygen atoms in total. The second-order valence-corrected chi connectivity index (χ2v) is 9.35. The van der Waals surface area contributed by atoms with Gasteiger partial charge in [0.2, 0.25) is 0 Å². The minimum Gasteiger partial charge on any atom is -0.491 e. The van der Waals surface area contributed by atoms with Gasteiger partial charge in [-0.2, -0.15) is 5.10 Å². The molecule has 180 valence electrons. The van der Waals surface area contributed by atoms with Crippen LogP contribution in [0, 0.1) is 0 Å². The zero-order valence-electron chi connectivity index (χ0n) is 20.2. The number of nitrogens with zero attached hydrogens (tertiary/aromatic N) is 3. The molecule has 0 aliphatic heterocycles. The summed E-state index contributed by atoms with van der Waals surface area (Å²) in [6.07, 6.45) is 7.86. The largest absolute Gasteiger partial charge is 0.491 e. The van der Waals surface area contributed by atoms with Gasteiger partial charge in [-0.25, -0.2) is 4.52 Å². The summed E-state index contributed by atoms with van der Waals surface area (Å²) < 4.78 is 9.10. The molecular formula is C28H30N4O3. The van der Waals surface area contributed by atoms with Crippen LogP contribution in [0.3, 0.4) is 0 Å². The lowest BCUT2D eigenvalue weighted by Gasteiger charge is -2.11. The molecule has 0 unspecified atom stereocenters. The first-order chi connectivity index (χ1) is 17.0. The molecule has 5 rings (SSSR count). The number of aromatic nitrogens is 3. The molecule has 0 fully saturated rings. The van der Waals surface area contributed by atoms with Crippen LogP contribution in [0.5, 0.6) is 5.75 Å². The van der Waals surface area contributed by atoms with Crippen LogP contribution < -0.4 is 15.6 Å². The van der Waals surface area contributed by atoms with Gasteiger partial charge in [-0.05, 0) is 74.9 Å². The highest BCUT2D eigenvalue weighted by Gasteiger charge is 2.19. The summed E-state index contributed by atoms with van der Waals surface area (Å²) >= 11 is 0. The minimum atomic E-state index is -0.136. The van der Waals surface area contributed by atoms with Crippen LogP contribution in [0.2, 0.25) is 0 Å². The van der Waals surface area contributed by atoms with Crippen LogP contribution in [-0.4, -0.2) is 26.2 Å². The van der Waals surface area contributed by atoms with Crippen molar-refractivity contribution in [2.24, 2.45) is 0 Å². The number of amides is 1. The number of benzene rings is 2. The number of hydrogen-bond donors (Lipinski definition) is 1. The van der Waals surface area contributed by atoms with Gasteiger partial charge in [-0.3, -0.25) is 9.59 Å². The Morgan fingerprint density at radius 2 is 1.71 bits per heavy atom. The predicted molar refractivity (Wildman–Crippen MR) is 135 cm³/mol. The summed E-state index contributed by atoms with van der Waals surface area (Å²) in [4.78, 5) is 25.8. The predicted octanol–water partition coefficient (Wildman–Crippen LogP) is 4.14. The summed E-state index contributed by atoms with van der Waals surface area (Å²) in [5.74, 6) is 0.681. The molecule has 0 bridgehead atoms. The Kier molecular flexibility index (Phi) is 6.40. The summed E-state index contributed by atoms with van der Waals surface area (Å²) in [6, 6.07) is 15.1. The Bertz CT molecular complexity index is 1400. The molecule has 0 radical (unpaired) electrons. The van der Waals surface area contributed by atoms with E-state index in [1.165, 1.54) is 0 Å². The Labute approximate surface area is 204 Å². The second-order valence-electron chi connectivity index (χ2n) is 9.35. The fourth-order valence-corrected chi connectivity index (χ4v) is 4.58. The number of aryl methyl sites for hydroxylation is 2. The van der Waals surface area contributed by atoms with Gasteiger partial charge >= 0.3 is 0 Å². The van der Waals surface area contributed by atoms with Crippen molar-refractivity contribution in [3.05, 3.63) is 99.2 Å². The van der Waals surface area contributed by atoms with Crippen LogP contribution in [0.4, 0.5) is 0 Å². The van der Waals surface area contributed by atoms with Gasteiger partial charge in [0.05, 0.1) is 18.3 Å². The molecule has 0 spiro atoms. The molecule has 2 heterocycles. The number of hydrogen-bond acceptors (Lipinski definition) is 4. The zero-order chi connectivity index (χ0) is 24.4. The smallest absolute Gasteiger partial charge is 0.277 e. The number of fused-ring (bicyclic) bond motifs is 3. The molecule has 1 aliphatic carbocycles. The zero-order valence-corrected chi connectivity index (χ0v) is 20.2. The number of nitrogens with one attached hydrogen (secondary N) is 1. The number of ether oxygens (including phenoxy) is 1. The SMILES string of the molecule is CC(C)Oc1ccc(CNC(=O)c2ccc(Cn3ccn4nc5c(c4c3=O)CCCC5)cc2)cc1. The van der Waals surface area contributed by atoms with Gasteiger partial charge in [-0.1, -0.05) is 24.3 Å². The summed E-state index contributed by atoms with van der Waals surface area (Å²) in [5.41, 5.74) is 5.38. The maximum absolute atomic E-state index is 13.2. The highest BCUT2D eigenvalue weighted by atomic mass is 16.5. The lowest BCUT2D eigenvalue weighted by Crippen LogP contribution is -2.23. The number of carbonyl (C=O) groups excluding carboxylic acids is 1. The van der Waals surface area contributed by atoms with Crippen LogP contribution in [0.25, 0.3) is 5.52 Å². The van der Waals surface area contributed by atoms with Crippen LogP contribution in [0.1, 0.15) is 59.4 Å². The van der Waals surface area contributed by atoms with Gasteiger partial charge in [-0.15, -0.1) is 0 Å². The fourth-order valence-electron chi connectivity index (χ4n) is 4.58. The van der Waals surface area contributed by atoms with Gasteiger partial charge in [0.15, 0.2) is 0 Å². The van der Waals surface area contributed by atoms with E-state index in [2.05, 4.69) is 10.4 Å². The van der Waals surface area contributed by atoms with Gasteiger partial charge in [0.25, 0.3) is 11.5 Å². The Morgan fingerprint density at radius 1 is 1.00 bits per heavy atom. The molecule has 2 aromatic heterocycles. The van der Waals surface area contributed by atoms with E-state index >= 15 is 0 Å². The van der Waals surface area contributed by atoms with E-state index in [1.54, 1.807) is 27.4 Å². The van der Waals surface area contributed by atoms with Gasteiger partial charge in [0.1, 0.15) is 11.3 Å². The quantitative estimate of drug-likeness (QED) is 0.440. The molecule has 0 saturated carbocycles. The van der Waals surface area contributed by atoms with Crippen LogP contribution >= 0.6 is 0 Å². The molecular weight excluding hydrogens is 440 g/mol. The van der Waals surface area contributed by atoms with Crippen molar-refractivity contribution in [3.8, 4) is 5.75 Å². The third-order valence-corrected chi connectivity index (χ3v) is 6.35. The number of rotatable bonds is 7. The lowest BCUT2D eigenvalue weighted by molar-refractivity contribution is 0.0951. The molecule has 35 heavy (non-hydrogen) atoms. The minimum absolute atomic E-state index is 0.0187. The molecule has 0 atom stereocenters. The van der Waals surface area contributed by atoms with Crippen molar-refractivity contribution < 1.29 is 9.53 Å². The van der Waals surface area contributed by atoms with E-state index < -0.39 is 0 Å². The molecule has 1 aliphatic rings. The molecule has 1 amide bonds. The molecule has 0 saturated heterocycles. The van der Waals surface area contributed by atoms with Gasteiger partial charge < -0.3 is 14.6 Å². The number of carbonyl (C=O) groups is 1. The highest BCUT2D eigenvalue weighted by molar-refractivity contribution is 5.94. The third-order valence-electron chi connectivity index (χ3n) is 6.35. The van der Waals surface area contributed by atoms with Crippen molar-refractivity contribution in [2.75, 3.05) is 0 Å². The van der Waals surface area contributed by atoms with E-state index in [4.69, 9.17) is 4.74 Å². The summed E-state index contributed by atoms with van der Waals surface area (Å²) in [6.45, 7) is 4.86. The van der Waals surface area contributed by atoms with Crippen molar-refractivity contribution in [3.63, 3.8) is 0 Å². The van der Waals surface area contributed by atoms with Crippen LogP contribution in [-0.2, 0) is 25.9 Å². The summed E-state index contributed by atoms with van der Waals surface area (Å²) in [7, 11) is 0. The average Bonchev–Trinajstić information content (AvgIpc) is 3.24. The topological polar surface area (TPSA) is 77.6 Å². The first kappa shape index (κ1) is 22.9. The summed E-state index contributed by atoms with van der Waals surface area (Å²) in [5, 5.41) is 7.56.